The van der Waals surface area contributed by atoms with Crippen molar-refractivity contribution in [1.29, 1.82) is 0 Å². The molecule has 1 aromatic carbocycles. The number of aromatic nitrogens is 4. The molecule has 0 bridgehead atoms. The van der Waals surface area contributed by atoms with E-state index < -0.39 is 6.04 Å². The quantitative estimate of drug-likeness (QED) is 0.708. The Balaban J connectivity index is 1.58. The highest BCUT2D eigenvalue weighted by molar-refractivity contribution is 6.30. The lowest BCUT2D eigenvalue weighted by Gasteiger charge is -2.26. The molecule has 3 aromatic rings. The fourth-order valence-corrected chi connectivity index (χ4v) is 3.48. The summed E-state index contributed by atoms with van der Waals surface area (Å²) in [5.74, 6) is 0.261. The molecule has 4 rings (SSSR count). The largest absolute Gasteiger partial charge is 0.341 e. The van der Waals surface area contributed by atoms with E-state index in [-0.39, 0.29) is 11.5 Å². The van der Waals surface area contributed by atoms with Crippen molar-refractivity contribution >= 4 is 40.2 Å². The SMILES string of the molecule is C[C@@H](C(=O)Nc1ccc(Cl)cc1)n1cnc2nc(N3CCCCC3)ncc2c1=O. The van der Waals surface area contributed by atoms with Crippen molar-refractivity contribution in [2.45, 2.75) is 32.2 Å². The van der Waals surface area contributed by atoms with Crippen molar-refractivity contribution in [2.24, 2.45) is 0 Å². The van der Waals surface area contributed by atoms with E-state index >= 15 is 0 Å². The van der Waals surface area contributed by atoms with Crippen LogP contribution in [0.15, 0.2) is 41.6 Å². The summed E-state index contributed by atoms with van der Waals surface area (Å²) in [6.07, 6.45) is 6.29. The highest BCUT2D eigenvalue weighted by Crippen LogP contribution is 2.18. The summed E-state index contributed by atoms with van der Waals surface area (Å²) in [6, 6.07) is 6.01. The topological polar surface area (TPSA) is 93.0 Å². The molecule has 1 aliphatic heterocycles. The van der Waals surface area contributed by atoms with Crippen molar-refractivity contribution in [2.75, 3.05) is 23.3 Å². The molecule has 0 aliphatic carbocycles. The van der Waals surface area contributed by atoms with E-state index in [0.717, 1.165) is 25.9 Å². The molecule has 1 aliphatic rings. The Labute approximate surface area is 172 Å². The molecule has 3 heterocycles. The molecule has 0 unspecified atom stereocenters. The smallest absolute Gasteiger partial charge is 0.265 e. The van der Waals surface area contributed by atoms with Gasteiger partial charge >= 0.3 is 0 Å². The number of amides is 1. The first kappa shape index (κ1) is 19.3. The number of hydrogen-bond donors (Lipinski definition) is 1. The van der Waals surface area contributed by atoms with Crippen molar-refractivity contribution in [1.82, 2.24) is 19.5 Å². The minimum absolute atomic E-state index is 0.291. The molecule has 150 valence electrons. The highest BCUT2D eigenvalue weighted by atomic mass is 35.5. The standard InChI is InChI=1S/C20H21ClN6O2/c1-13(18(28)24-15-7-5-14(21)6-8-15)27-12-23-17-16(19(27)29)11-22-20(25-17)26-9-3-2-4-10-26/h5-8,11-13H,2-4,9-10H2,1H3,(H,24,28)/t13-/m0/s1. The molecule has 8 nitrogen and oxygen atoms in total. The fourth-order valence-electron chi connectivity index (χ4n) is 3.35. The molecule has 29 heavy (non-hydrogen) atoms. The van der Waals surface area contributed by atoms with Crippen LogP contribution in [0.3, 0.4) is 0 Å². The number of fused-ring (bicyclic) bond motifs is 1. The number of carbonyl (C=O) groups is 1. The summed E-state index contributed by atoms with van der Waals surface area (Å²) in [5, 5.41) is 3.64. The van der Waals surface area contributed by atoms with Gasteiger partial charge in [0, 0.05) is 30.0 Å². The number of rotatable bonds is 4. The monoisotopic (exact) mass is 412 g/mol. The third-order valence-corrected chi connectivity index (χ3v) is 5.32. The van der Waals surface area contributed by atoms with E-state index in [1.54, 1.807) is 31.2 Å². The van der Waals surface area contributed by atoms with E-state index in [1.807, 2.05) is 0 Å². The summed E-state index contributed by atoms with van der Waals surface area (Å²) in [6.45, 7) is 3.46. The Kier molecular flexibility index (Phi) is 5.44. The molecule has 1 amide bonds. The lowest BCUT2D eigenvalue weighted by molar-refractivity contribution is -0.118. The third kappa shape index (κ3) is 4.07. The molecule has 9 heteroatoms. The molecule has 0 spiro atoms. The second kappa shape index (κ2) is 8.16. The normalized spacial score (nSPS) is 15.3. The van der Waals surface area contributed by atoms with Crippen molar-refractivity contribution in [3.05, 3.63) is 52.2 Å². The lowest BCUT2D eigenvalue weighted by atomic mass is 10.1. The van der Waals surface area contributed by atoms with E-state index in [1.165, 1.54) is 23.5 Å². The zero-order chi connectivity index (χ0) is 20.4. The molecule has 1 N–H and O–H groups in total. The van der Waals surface area contributed by atoms with Gasteiger partial charge in [-0.25, -0.2) is 9.97 Å². The second-order valence-corrected chi connectivity index (χ2v) is 7.52. The number of halogens is 1. The van der Waals surface area contributed by atoms with Gasteiger partial charge in [0.1, 0.15) is 17.8 Å². The molecule has 0 radical (unpaired) electrons. The van der Waals surface area contributed by atoms with Gasteiger partial charge in [-0.1, -0.05) is 11.6 Å². The van der Waals surface area contributed by atoms with Crippen LogP contribution in [0.2, 0.25) is 5.02 Å². The zero-order valence-electron chi connectivity index (χ0n) is 16.0. The van der Waals surface area contributed by atoms with Crippen LogP contribution in [0.25, 0.3) is 11.0 Å². The molecule has 1 atom stereocenters. The van der Waals surface area contributed by atoms with Crippen LogP contribution in [-0.4, -0.2) is 38.5 Å². The predicted octanol–water partition coefficient (Wildman–Crippen LogP) is 3.03. The summed E-state index contributed by atoms with van der Waals surface area (Å²) in [4.78, 5) is 40.7. The maximum absolute atomic E-state index is 12.9. The van der Waals surface area contributed by atoms with Gasteiger partial charge in [0.15, 0.2) is 5.65 Å². The van der Waals surface area contributed by atoms with Gasteiger partial charge in [-0.3, -0.25) is 14.2 Å². The van der Waals surface area contributed by atoms with E-state index in [4.69, 9.17) is 11.6 Å². The van der Waals surface area contributed by atoms with Crippen LogP contribution in [0.5, 0.6) is 0 Å². The van der Waals surface area contributed by atoms with Crippen LogP contribution in [0.1, 0.15) is 32.2 Å². The lowest BCUT2D eigenvalue weighted by Crippen LogP contribution is -2.33. The minimum Gasteiger partial charge on any atom is -0.341 e. The van der Waals surface area contributed by atoms with Crippen molar-refractivity contribution in [3.63, 3.8) is 0 Å². The first-order valence-corrected chi connectivity index (χ1v) is 9.96. The second-order valence-electron chi connectivity index (χ2n) is 7.08. The van der Waals surface area contributed by atoms with Gasteiger partial charge in [-0.05, 0) is 50.5 Å². The zero-order valence-corrected chi connectivity index (χ0v) is 16.8. The van der Waals surface area contributed by atoms with Crippen LogP contribution in [0.4, 0.5) is 11.6 Å². The van der Waals surface area contributed by atoms with Gasteiger partial charge < -0.3 is 10.2 Å². The van der Waals surface area contributed by atoms with E-state index in [2.05, 4.69) is 25.2 Å². The third-order valence-electron chi connectivity index (χ3n) is 5.07. The van der Waals surface area contributed by atoms with Crippen molar-refractivity contribution in [3.8, 4) is 0 Å². The number of carbonyl (C=O) groups excluding carboxylic acids is 1. The number of nitrogens with zero attached hydrogens (tertiary/aromatic N) is 5. The molecular formula is C20H21ClN6O2. The van der Waals surface area contributed by atoms with E-state index in [9.17, 15) is 9.59 Å². The minimum atomic E-state index is -0.753. The molecule has 2 aromatic heterocycles. The molecular weight excluding hydrogens is 392 g/mol. The first-order chi connectivity index (χ1) is 14.0. The Bertz CT molecular complexity index is 1090. The van der Waals surface area contributed by atoms with Gasteiger partial charge in [0.05, 0.1) is 0 Å². The maximum atomic E-state index is 12.9. The number of piperidine rings is 1. The Morgan fingerprint density at radius 2 is 1.86 bits per heavy atom. The average molecular weight is 413 g/mol. The highest BCUT2D eigenvalue weighted by Gasteiger charge is 2.20. The number of nitrogens with one attached hydrogen (secondary N) is 1. The van der Waals surface area contributed by atoms with Gasteiger partial charge in [0.25, 0.3) is 5.56 Å². The van der Waals surface area contributed by atoms with Gasteiger partial charge in [-0.2, -0.15) is 4.98 Å². The Morgan fingerprint density at radius 3 is 2.59 bits per heavy atom. The van der Waals surface area contributed by atoms with Crippen LogP contribution >= 0.6 is 11.6 Å². The Morgan fingerprint density at radius 1 is 1.14 bits per heavy atom. The summed E-state index contributed by atoms with van der Waals surface area (Å²) in [7, 11) is 0. The molecule has 1 saturated heterocycles. The van der Waals surface area contributed by atoms with Crippen molar-refractivity contribution < 1.29 is 4.79 Å². The predicted molar refractivity (Wildman–Crippen MR) is 112 cm³/mol. The van der Waals surface area contributed by atoms with Gasteiger partial charge in [0.2, 0.25) is 11.9 Å². The number of hydrogen-bond acceptors (Lipinski definition) is 6. The summed E-state index contributed by atoms with van der Waals surface area (Å²) >= 11 is 5.86. The maximum Gasteiger partial charge on any atom is 0.265 e. The van der Waals surface area contributed by atoms with Crippen LogP contribution < -0.4 is 15.8 Å². The fraction of sp³-hybridized carbons (Fsp3) is 0.350. The summed E-state index contributed by atoms with van der Waals surface area (Å²) in [5.41, 5.74) is 0.591. The Hall–Kier alpha value is -3.00. The van der Waals surface area contributed by atoms with Crippen LogP contribution in [-0.2, 0) is 4.79 Å². The number of benzene rings is 1. The first-order valence-electron chi connectivity index (χ1n) is 9.58. The average Bonchev–Trinajstić information content (AvgIpc) is 2.75. The molecule has 1 fully saturated rings. The van der Waals surface area contributed by atoms with Gasteiger partial charge in [-0.15, -0.1) is 0 Å². The summed E-state index contributed by atoms with van der Waals surface area (Å²) < 4.78 is 1.29. The van der Waals surface area contributed by atoms with E-state index in [0.29, 0.717) is 27.7 Å². The number of anilines is 2. The molecule has 0 saturated carbocycles. The van der Waals surface area contributed by atoms with Crippen LogP contribution in [0, 0.1) is 0 Å².